The fourth-order valence-electron chi connectivity index (χ4n) is 3.80. The zero-order chi connectivity index (χ0) is 15.3. The summed E-state index contributed by atoms with van der Waals surface area (Å²) < 4.78 is 24.1. The number of rotatable bonds is 1. The van der Waals surface area contributed by atoms with Crippen LogP contribution in [0.5, 0.6) is 0 Å². The minimum absolute atomic E-state index is 0.621. The zero-order valence-corrected chi connectivity index (χ0v) is 13.4. The second-order valence-electron chi connectivity index (χ2n) is 6.16. The average Bonchev–Trinajstić information content (AvgIpc) is 2.52. The average molecular weight is 310 g/mol. The fourth-order valence-corrected chi connectivity index (χ4v) is 4.91. The third-order valence-electron chi connectivity index (χ3n) is 4.79. The third-order valence-corrected chi connectivity index (χ3v) is 6.11. The van der Waals surface area contributed by atoms with Gasteiger partial charge in [0.05, 0.1) is 4.91 Å². The first-order chi connectivity index (χ1) is 10.6. The van der Waals surface area contributed by atoms with Crippen LogP contribution < -0.4 is 10.4 Å². The van der Waals surface area contributed by atoms with E-state index in [0.717, 1.165) is 24.5 Å². The Labute approximate surface area is 130 Å². The van der Waals surface area contributed by atoms with Crippen molar-refractivity contribution in [3.8, 4) is 0 Å². The second-order valence-corrected chi connectivity index (χ2v) is 8.20. The van der Waals surface area contributed by atoms with Crippen LogP contribution >= 0.6 is 0 Å². The van der Waals surface area contributed by atoms with Crippen molar-refractivity contribution < 1.29 is 8.42 Å². The van der Waals surface area contributed by atoms with Gasteiger partial charge in [-0.05, 0) is 57.7 Å². The van der Waals surface area contributed by atoms with Crippen LogP contribution in [0.15, 0.2) is 36.4 Å². The normalized spacial score (nSPS) is 16.3. The molecule has 2 aromatic rings. The first kappa shape index (κ1) is 13.8. The van der Waals surface area contributed by atoms with E-state index < -0.39 is 9.84 Å². The molecule has 0 atom stereocenters. The molecule has 112 valence electrons. The standard InChI is InChI=1S/C19H18O2S/c1-22(20,21)19-8-4-7-15-17-10-9-13-5-2-3-6-14(13)16(17)11-12-18(15)19/h2-3,5-6,9,11-12H,4,7-8,10H2,1H3. The van der Waals surface area contributed by atoms with E-state index in [4.69, 9.17) is 0 Å². The Bertz CT molecular complexity index is 1090. The maximum Gasteiger partial charge on any atom is 0.172 e. The molecular formula is C19H18O2S. The van der Waals surface area contributed by atoms with Gasteiger partial charge in [0.2, 0.25) is 0 Å². The highest BCUT2D eigenvalue weighted by atomic mass is 32.2. The van der Waals surface area contributed by atoms with Crippen molar-refractivity contribution >= 4 is 20.8 Å². The predicted octanol–water partition coefficient (Wildman–Crippen LogP) is 1.80. The molecule has 0 N–H and O–H groups in total. The Kier molecular flexibility index (Phi) is 3.01. The van der Waals surface area contributed by atoms with Crippen molar-refractivity contribution in [1.29, 1.82) is 0 Å². The van der Waals surface area contributed by atoms with E-state index >= 15 is 0 Å². The van der Waals surface area contributed by atoms with Crippen molar-refractivity contribution in [2.75, 3.05) is 6.26 Å². The highest BCUT2D eigenvalue weighted by molar-refractivity contribution is 7.99. The van der Waals surface area contributed by atoms with Crippen LogP contribution in [0.1, 0.15) is 24.0 Å². The van der Waals surface area contributed by atoms with Crippen molar-refractivity contribution in [1.82, 2.24) is 0 Å². The quantitative estimate of drug-likeness (QED) is 0.805. The molecule has 0 amide bonds. The van der Waals surface area contributed by atoms with Gasteiger partial charge in [-0.15, -0.1) is 0 Å². The lowest BCUT2D eigenvalue weighted by atomic mass is 9.89. The molecule has 0 saturated heterocycles. The van der Waals surface area contributed by atoms with Gasteiger partial charge in [-0.25, -0.2) is 8.42 Å². The van der Waals surface area contributed by atoms with Crippen molar-refractivity contribution in [3.63, 3.8) is 0 Å². The molecule has 0 radical (unpaired) electrons. The Morgan fingerprint density at radius 3 is 2.45 bits per heavy atom. The van der Waals surface area contributed by atoms with Crippen LogP contribution in [-0.2, 0) is 22.7 Å². The number of fused-ring (bicyclic) bond motifs is 4. The van der Waals surface area contributed by atoms with E-state index in [2.05, 4.69) is 36.4 Å². The number of hydrogen-bond donors (Lipinski definition) is 0. The molecule has 2 aromatic carbocycles. The molecule has 0 bridgehead atoms. The van der Waals surface area contributed by atoms with Gasteiger partial charge in [0, 0.05) is 6.26 Å². The van der Waals surface area contributed by atoms with Gasteiger partial charge < -0.3 is 0 Å². The second kappa shape index (κ2) is 4.82. The molecule has 0 saturated carbocycles. The SMILES string of the molecule is CS(=O)(=O)C1=c2ccc3c(c2CCC1)CC=c1ccccc1=3. The van der Waals surface area contributed by atoms with E-state index in [1.807, 2.05) is 6.07 Å². The summed E-state index contributed by atoms with van der Waals surface area (Å²) in [5.41, 5.74) is 2.56. The van der Waals surface area contributed by atoms with E-state index in [1.54, 1.807) is 0 Å². The number of hydrogen-bond acceptors (Lipinski definition) is 2. The summed E-state index contributed by atoms with van der Waals surface area (Å²) in [4.78, 5) is 0.621. The molecular weight excluding hydrogens is 292 g/mol. The summed E-state index contributed by atoms with van der Waals surface area (Å²) in [6, 6.07) is 12.6. The van der Waals surface area contributed by atoms with E-state index in [0.29, 0.717) is 11.3 Å². The third kappa shape index (κ3) is 2.03. The number of benzene rings is 2. The molecule has 22 heavy (non-hydrogen) atoms. The van der Waals surface area contributed by atoms with Crippen LogP contribution in [0.4, 0.5) is 0 Å². The summed E-state index contributed by atoms with van der Waals surface area (Å²) in [6.45, 7) is 0. The van der Waals surface area contributed by atoms with Gasteiger partial charge in [0.1, 0.15) is 0 Å². The van der Waals surface area contributed by atoms with Gasteiger partial charge in [0.15, 0.2) is 9.84 Å². The monoisotopic (exact) mass is 310 g/mol. The molecule has 2 aliphatic rings. The lowest BCUT2D eigenvalue weighted by molar-refractivity contribution is 0.608. The molecule has 0 heterocycles. The first-order valence-electron chi connectivity index (χ1n) is 7.69. The van der Waals surface area contributed by atoms with Crippen molar-refractivity contribution in [3.05, 3.63) is 68.4 Å². The topological polar surface area (TPSA) is 34.1 Å². The molecule has 2 aliphatic carbocycles. The Hall–Kier alpha value is -1.87. The highest BCUT2D eigenvalue weighted by Crippen LogP contribution is 2.23. The Morgan fingerprint density at radius 2 is 1.64 bits per heavy atom. The van der Waals surface area contributed by atoms with Gasteiger partial charge in [-0.1, -0.05) is 42.5 Å². The van der Waals surface area contributed by atoms with Crippen LogP contribution in [0.3, 0.4) is 0 Å². The van der Waals surface area contributed by atoms with Crippen LogP contribution in [0.2, 0.25) is 0 Å². The highest BCUT2D eigenvalue weighted by Gasteiger charge is 2.20. The van der Waals surface area contributed by atoms with E-state index in [9.17, 15) is 8.42 Å². The van der Waals surface area contributed by atoms with Crippen LogP contribution in [-0.4, -0.2) is 14.7 Å². The molecule has 4 rings (SSSR count). The molecule has 0 aromatic heterocycles. The minimum Gasteiger partial charge on any atom is -0.224 e. The molecule has 0 fully saturated rings. The lowest BCUT2D eigenvalue weighted by Crippen LogP contribution is -2.25. The molecule has 0 spiro atoms. The summed E-state index contributed by atoms with van der Waals surface area (Å²) in [5.74, 6) is 0. The smallest absolute Gasteiger partial charge is 0.172 e. The minimum atomic E-state index is -3.12. The van der Waals surface area contributed by atoms with Crippen molar-refractivity contribution in [2.45, 2.75) is 25.7 Å². The van der Waals surface area contributed by atoms with E-state index in [1.165, 1.54) is 33.0 Å². The first-order valence-corrected chi connectivity index (χ1v) is 9.58. The lowest BCUT2D eigenvalue weighted by Gasteiger charge is -2.19. The summed E-state index contributed by atoms with van der Waals surface area (Å²) >= 11 is 0. The van der Waals surface area contributed by atoms with Crippen LogP contribution in [0, 0.1) is 10.4 Å². The predicted molar refractivity (Wildman–Crippen MR) is 89.2 cm³/mol. The summed E-state index contributed by atoms with van der Waals surface area (Å²) in [7, 11) is -3.12. The van der Waals surface area contributed by atoms with Gasteiger partial charge >= 0.3 is 0 Å². The van der Waals surface area contributed by atoms with E-state index in [-0.39, 0.29) is 0 Å². The zero-order valence-electron chi connectivity index (χ0n) is 12.6. The van der Waals surface area contributed by atoms with Gasteiger partial charge in [-0.2, -0.15) is 0 Å². The Morgan fingerprint density at radius 1 is 0.864 bits per heavy atom. The largest absolute Gasteiger partial charge is 0.224 e. The maximum atomic E-state index is 12.1. The van der Waals surface area contributed by atoms with Crippen LogP contribution in [0.25, 0.3) is 11.0 Å². The summed E-state index contributed by atoms with van der Waals surface area (Å²) in [6.07, 6.45) is 7.06. The fraction of sp³-hybridized carbons (Fsp3) is 0.263. The maximum absolute atomic E-state index is 12.1. The molecule has 3 heteroatoms. The number of sulfone groups is 1. The molecule has 2 nitrogen and oxygen atoms in total. The van der Waals surface area contributed by atoms with Crippen molar-refractivity contribution in [2.24, 2.45) is 0 Å². The molecule has 0 unspecified atom stereocenters. The summed E-state index contributed by atoms with van der Waals surface area (Å²) in [5, 5.41) is 4.77. The molecule has 0 aliphatic heterocycles. The van der Waals surface area contributed by atoms with Gasteiger partial charge in [0.25, 0.3) is 0 Å². The van der Waals surface area contributed by atoms with Gasteiger partial charge in [-0.3, -0.25) is 0 Å². The Balaban J connectivity index is 2.22.